The van der Waals surface area contributed by atoms with Crippen molar-refractivity contribution in [1.82, 2.24) is 19.3 Å². The van der Waals surface area contributed by atoms with Crippen molar-refractivity contribution in [3.05, 3.63) is 47.6 Å². The zero-order valence-corrected chi connectivity index (χ0v) is 21.4. The molecule has 8 nitrogen and oxygen atoms in total. The van der Waals surface area contributed by atoms with Crippen LogP contribution >= 0.6 is 0 Å². The second-order valence-electron chi connectivity index (χ2n) is 10.8. The normalized spacial score (nSPS) is 23.0. The fourth-order valence-corrected chi connectivity index (χ4v) is 7.20. The summed E-state index contributed by atoms with van der Waals surface area (Å²) in [5.41, 5.74) is 4.76. The molecule has 1 saturated heterocycles. The molecule has 4 aliphatic rings. The van der Waals surface area contributed by atoms with Crippen molar-refractivity contribution in [1.29, 1.82) is 0 Å². The number of anilines is 1. The number of aryl methyl sites for hydroxylation is 1. The zero-order valence-electron chi connectivity index (χ0n) is 20.5. The summed E-state index contributed by atoms with van der Waals surface area (Å²) in [6.07, 6.45) is 16.1. The van der Waals surface area contributed by atoms with Gasteiger partial charge in [0.25, 0.3) is 0 Å². The van der Waals surface area contributed by atoms with Gasteiger partial charge in [0.2, 0.25) is 16.0 Å². The molecule has 0 radical (unpaired) electrons. The summed E-state index contributed by atoms with van der Waals surface area (Å²) in [6.45, 7) is 5.05. The second-order valence-corrected chi connectivity index (χ2v) is 12.8. The summed E-state index contributed by atoms with van der Waals surface area (Å²) >= 11 is 0. The Morgan fingerprint density at radius 1 is 1.06 bits per heavy atom. The first-order valence-electron chi connectivity index (χ1n) is 12.6. The van der Waals surface area contributed by atoms with Crippen molar-refractivity contribution < 1.29 is 13.2 Å². The molecule has 2 spiro atoms. The van der Waals surface area contributed by atoms with Crippen molar-refractivity contribution in [3.63, 3.8) is 0 Å². The van der Waals surface area contributed by atoms with Gasteiger partial charge in [0.15, 0.2) is 0 Å². The lowest BCUT2D eigenvalue weighted by Gasteiger charge is -2.57. The Hall–Kier alpha value is -2.52. The molecule has 0 amide bonds. The second kappa shape index (κ2) is 8.27. The maximum atomic E-state index is 11.8. The fourth-order valence-electron chi connectivity index (χ4n) is 6.43. The van der Waals surface area contributed by atoms with Crippen LogP contribution in [0.2, 0.25) is 0 Å². The molecule has 0 unspecified atom stereocenters. The first kappa shape index (κ1) is 22.9. The monoisotopic (exact) mass is 495 g/mol. The summed E-state index contributed by atoms with van der Waals surface area (Å²) in [5, 5.41) is 0. The Morgan fingerprint density at radius 2 is 1.80 bits per heavy atom. The van der Waals surface area contributed by atoms with Crippen LogP contribution in [0.5, 0.6) is 5.75 Å². The van der Waals surface area contributed by atoms with Gasteiger partial charge in [-0.15, -0.1) is 0 Å². The van der Waals surface area contributed by atoms with Gasteiger partial charge in [-0.05, 0) is 61.1 Å². The van der Waals surface area contributed by atoms with Crippen LogP contribution in [0.3, 0.4) is 0 Å². The summed E-state index contributed by atoms with van der Waals surface area (Å²) in [5.74, 6) is 1.77. The van der Waals surface area contributed by atoms with Gasteiger partial charge in [0.1, 0.15) is 11.4 Å². The molecule has 9 heteroatoms. The van der Waals surface area contributed by atoms with Crippen LogP contribution in [0.25, 0.3) is 5.57 Å². The minimum Gasteiger partial charge on any atom is -0.485 e. The molecular formula is C26H33N5O3S. The molecule has 0 aromatic carbocycles. The van der Waals surface area contributed by atoms with Gasteiger partial charge in [-0.25, -0.2) is 18.4 Å². The number of hydrogen-bond acceptors (Lipinski definition) is 7. The fraction of sp³-hybridized carbons (Fsp3) is 0.577. The van der Waals surface area contributed by atoms with Crippen molar-refractivity contribution in [2.75, 3.05) is 37.3 Å². The predicted molar refractivity (Wildman–Crippen MR) is 135 cm³/mol. The van der Waals surface area contributed by atoms with Gasteiger partial charge in [-0.3, -0.25) is 4.98 Å². The first-order valence-corrected chi connectivity index (χ1v) is 14.5. The van der Waals surface area contributed by atoms with Crippen LogP contribution in [0.1, 0.15) is 55.8 Å². The van der Waals surface area contributed by atoms with E-state index in [1.54, 1.807) is 0 Å². The van der Waals surface area contributed by atoms with Crippen molar-refractivity contribution >= 4 is 21.5 Å². The minimum atomic E-state index is -3.15. The highest BCUT2D eigenvalue weighted by molar-refractivity contribution is 7.88. The summed E-state index contributed by atoms with van der Waals surface area (Å²) in [6, 6.07) is 2.16. The topological polar surface area (TPSA) is 88.5 Å². The minimum absolute atomic E-state index is 0.0852. The van der Waals surface area contributed by atoms with Gasteiger partial charge in [-0.2, -0.15) is 4.31 Å². The van der Waals surface area contributed by atoms with Crippen LogP contribution in [0.4, 0.5) is 5.95 Å². The highest BCUT2D eigenvalue weighted by Gasteiger charge is 2.59. The molecule has 35 heavy (non-hydrogen) atoms. The van der Waals surface area contributed by atoms with Crippen LogP contribution in [-0.4, -0.2) is 65.7 Å². The van der Waals surface area contributed by atoms with E-state index in [1.807, 2.05) is 24.7 Å². The van der Waals surface area contributed by atoms with E-state index in [-0.39, 0.29) is 5.60 Å². The number of pyridine rings is 1. The van der Waals surface area contributed by atoms with E-state index in [2.05, 4.69) is 32.8 Å². The SMILES string of the molecule is CCc1cnc(N2CCC3(CC2)CC2(Cc4cc(C5=CCN(S(C)(=O)=O)CC5)ncc4O2)C3)nc1. The Morgan fingerprint density at radius 3 is 2.43 bits per heavy atom. The van der Waals surface area contributed by atoms with E-state index in [0.717, 1.165) is 74.6 Å². The van der Waals surface area contributed by atoms with Gasteiger partial charge in [0.05, 0.1) is 18.1 Å². The molecule has 0 atom stereocenters. The van der Waals surface area contributed by atoms with E-state index >= 15 is 0 Å². The van der Waals surface area contributed by atoms with Crippen LogP contribution in [-0.2, 0) is 22.9 Å². The Balaban J connectivity index is 1.08. The maximum Gasteiger partial charge on any atom is 0.225 e. The highest BCUT2D eigenvalue weighted by Crippen LogP contribution is 2.60. The smallest absolute Gasteiger partial charge is 0.225 e. The molecule has 1 saturated carbocycles. The van der Waals surface area contributed by atoms with Crippen LogP contribution in [0, 0.1) is 5.41 Å². The molecule has 6 rings (SSSR count). The molecule has 0 N–H and O–H groups in total. The molecule has 3 aliphatic heterocycles. The predicted octanol–water partition coefficient (Wildman–Crippen LogP) is 3.24. The molecule has 2 fully saturated rings. The van der Waals surface area contributed by atoms with Crippen LogP contribution < -0.4 is 9.64 Å². The average Bonchev–Trinajstić information content (AvgIpc) is 3.22. The van der Waals surface area contributed by atoms with Gasteiger partial charge in [0, 0.05) is 50.6 Å². The number of aromatic nitrogens is 3. The molecule has 186 valence electrons. The molecule has 1 aliphatic carbocycles. The largest absolute Gasteiger partial charge is 0.485 e. The zero-order chi connectivity index (χ0) is 24.3. The van der Waals surface area contributed by atoms with Crippen molar-refractivity contribution in [3.8, 4) is 5.75 Å². The highest BCUT2D eigenvalue weighted by atomic mass is 32.2. The van der Waals surface area contributed by atoms with E-state index in [9.17, 15) is 8.42 Å². The number of fused-ring (bicyclic) bond motifs is 1. The van der Waals surface area contributed by atoms with Gasteiger partial charge >= 0.3 is 0 Å². The van der Waals surface area contributed by atoms with E-state index in [1.165, 1.54) is 21.7 Å². The molecule has 2 aromatic rings. The number of sulfonamides is 1. The Labute approximate surface area is 207 Å². The number of hydrogen-bond donors (Lipinski definition) is 0. The quantitative estimate of drug-likeness (QED) is 0.643. The lowest BCUT2D eigenvalue weighted by Crippen LogP contribution is -2.58. The van der Waals surface area contributed by atoms with Gasteiger partial charge < -0.3 is 9.64 Å². The molecule has 0 bridgehead atoms. The Kier molecular flexibility index (Phi) is 5.41. The lowest BCUT2D eigenvalue weighted by molar-refractivity contribution is -0.106. The first-order chi connectivity index (χ1) is 16.8. The molecular weight excluding hydrogens is 462 g/mol. The number of rotatable bonds is 4. The molecule has 2 aromatic heterocycles. The standard InChI is InChI=1S/C26H33N5O3S/c1-3-19-14-28-24(29-15-19)30-10-6-25(7-11-30)17-26(18-25)13-21-12-22(27-16-23(21)34-26)20-4-8-31(9-5-20)35(2,32)33/h4,12,14-16H,3,5-11,13,17-18H2,1-2H3. The third-order valence-electron chi connectivity index (χ3n) is 8.36. The van der Waals surface area contributed by atoms with Gasteiger partial charge in [-0.1, -0.05) is 13.0 Å². The third kappa shape index (κ3) is 4.22. The lowest BCUT2D eigenvalue weighted by atomic mass is 9.54. The van der Waals surface area contributed by atoms with E-state index in [4.69, 9.17) is 4.74 Å². The van der Waals surface area contributed by atoms with Crippen molar-refractivity contribution in [2.24, 2.45) is 5.41 Å². The van der Waals surface area contributed by atoms with Crippen LogP contribution in [0.15, 0.2) is 30.7 Å². The number of nitrogens with zero attached hydrogens (tertiary/aromatic N) is 5. The third-order valence-corrected chi connectivity index (χ3v) is 9.63. The summed E-state index contributed by atoms with van der Waals surface area (Å²) in [4.78, 5) is 16.1. The summed E-state index contributed by atoms with van der Waals surface area (Å²) < 4.78 is 31.6. The summed E-state index contributed by atoms with van der Waals surface area (Å²) in [7, 11) is -3.15. The van der Waals surface area contributed by atoms with E-state index < -0.39 is 10.0 Å². The number of ether oxygens (including phenoxy) is 1. The number of piperidine rings is 1. The molecule has 5 heterocycles. The van der Waals surface area contributed by atoms with E-state index in [0.29, 0.717) is 24.9 Å². The average molecular weight is 496 g/mol. The maximum absolute atomic E-state index is 11.8. The van der Waals surface area contributed by atoms with Crippen molar-refractivity contribution in [2.45, 2.75) is 57.5 Å². The Bertz CT molecular complexity index is 1260.